The highest BCUT2D eigenvalue weighted by molar-refractivity contribution is 8.01. The second kappa shape index (κ2) is 6.68. The molecule has 2 rings (SSSR count). The van der Waals surface area contributed by atoms with Gasteiger partial charge in [0.15, 0.2) is 4.34 Å². The van der Waals surface area contributed by atoms with Gasteiger partial charge in [-0.15, -0.1) is 10.2 Å². The van der Waals surface area contributed by atoms with Crippen LogP contribution in [0.1, 0.15) is 20.3 Å². The van der Waals surface area contributed by atoms with Crippen LogP contribution in [-0.4, -0.2) is 16.1 Å². The van der Waals surface area contributed by atoms with Crippen molar-refractivity contribution < 1.29 is 4.79 Å². The molecule has 19 heavy (non-hydrogen) atoms. The third kappa shape index (κ3) is 4.65. The minimum Gasteiger partial charge on any atom is -0.326 e. The van der Waals surface area contributed by atoms with E-state index in [0.717, 1.165) is 14.9 Å². The van der Waals surface area contributed by atoms with Crippen LogP contribution in [0.2, 0.25) is 0 Å². The van der Waals surface area contributed by atoms with Gasteiger partial charge in [-0.2, -0.15) is 0 Å². The molecule has 100 valence electrons. The van der Waals surface area contributed by atoms with E-state index in [1.807, 2.05) is 38.1 Å². The summed E-state index contributed by atoms with van der Waals surface area (Å²) in [5.74, 6) is 0.423. The molecule has 0 bridgehead atoms. The monoisotopic (exact) mass is 293 g/mol. The highest BCUT2D eigenvalue weighted by Gasteiger charge is 2.06. The SMILES string of the molecule is CC(C)CC(=O)Nc1ccc(Sc2nncs2)cc1. The average Bonchev–Trinajstić information content (AvgIpc) is 2.83. The first kappa shape index (κ1) is 14.0. The lowest BCUT2D eigenvalue weighted by Gasteiger charge is -2.07. The Morgan fingerprint density at radius 3 is 2.68 bits per heavy atom. The summed E-state index contributed by atoms with van der Waals surface area (Å²) in [4.78, 5) is 12.7. The fraction of sp³-hybridized carbons (Fsp3) is 0.308. The molecule has 0 saturated carbocycles. The highest BCUT2D eigenvalue weighted by atomic mass is 32.2. The van der Waals surface area contributed by atoms with Crippen LogP contribution in [0, 0.1) is 5.92 Å². The number of carbonyl (C=O) groups excluding carboxylic acids is 1. The molecule has 4 nitrogen and oxygen atoms in total. The van der Waals surface area contributed by atoms with E-state index < -0.39 is 0 Å². The maximum Gasteiger partial charge on any atom is 0.224 e. The number of benzene rings is 1. The molecule has 0 atom stereocenters. The van der Waals surface area contributed by atoms with Crippen molar-refractivity contribution in [3.63, 3.8) is 0 Å². The first-order valence-corrected chi connectivity index (χ1v) is 7.67. The Labute approximate surface area is 120 Å². The predicted molar refractivity (Wildman–Crippen MR) is 78.6 cm³/mol. The number of carbonyl (C=O) groups is 1. The minimum atomic E-state index is 0.0551. The quantitative estimate of drug-likeness (QED) is 0.913. The normalized spacial score (nSPS) is 10.7. The topological polar surface area (TPSA) is 54.9 Å². The fourth-order valence-electron chi connectivity index (χ4n) is 1.50. The summed E-state index contributed by atoms with van der Waals surface area (Å²) in [7, 11) is 0. The molecule has 6 heteroatoms. The van der Waals surface area contributed by atoms with Crippen LogP contribution >= 0.6 is 23.1 Å². The van der Waals surface area contributed by atoms with E-state index in [-0.39, 0.29) is 5.91 Å². The van der Waals surface area contributed by atoms with E-state index in [4.69, 9.17) is 0 Å². The second-order valence-corrected chi connectivity index (χ2v) is 6.63. The molecule has 0 aliphatic carbocycles. The van der Waals surface area contributed by atoms with Crippen molar-refractivity contribution in [2.75, 3.05) is 5.32 Å². The Morgan fingerprint density at radius 2 is 2.11 bits per heavy atom. The summed E-state index contributed by atoms with van der Waals surface area (Å²) in [6.07, 6.45) is 0.543. The summed E-state index contributed by atoms with van der Waals surface area (Å²) in [6, 6.07) is 7.75. The number of amides is 1. The van der Waals surface area contributed by atoms with E-state index >= 15 is 0 Å². The van der Waals surface area contributed by atoms with Crippen LogP contribution < -0.4 is 5.32 Å². The second-order valence-electron chi connectivity index (χ2n) is 4.48. The highest BCUT2D eigenvalue weighted by Crippen LogP contribution is 2.29. The molecule has 1 N–H and O–H groups in total. The molecular formula is C13H15N3OS2. The van der Waals surface area contributed by atoms with Gasteiger partial charge in [0.2, 0.25) is 5.91 Å². The molecule has 2 aromatic rings. The number of nitrogens with one attached hydrogen (secondary N) is 1. The fourth-order valence-corrected chi connectivity index (χ4v) is 2.95. The smallest absolute Gasteiger partial charge is 0.224 e. The number of nitrogens with zero attached hydrogens (tertiary/aromatic N) is 2. The maximum absolute atomic E-state index is 11.6. The van der Waals surface area contributed by atoms with Crippen molar-refractivity contribution in [2.24, 2.45) is 5.92 Å². The van der Waals surface area contributed by atoms with Crippen LogP contribution in [0.5, 0.6) is 0 Å². The average molecular weight is 293 g/mol. The largest absolute Gasteiger partial charge is 0.326 e. The van der Waals surface area contributed by atoms with Crippen molar-refractivity contribution in [1.82, 2.24) is 10.2 Å². The summed E-state index contributed by atoms with van der Waals surface area (Å²) in [6.45, 7) is 4.06. The molecule has 1 aromatic carbocycles. The standard InChI is InChI=1S/C13H15N3OS2/c1-9(2)7-12(17)15-10-3-5-11(6-4-10)19-13-16-14-8-18-13/h3-6,8-9H,7H2,1-2H3,(H,15,17). The summed E-state index contributed by atoms with van der Waals surface area (Å²) >= 11 is 3.08. The van der Waals surface area contributed by atoms with Crippen molar-refractivity contribution in [3.8, 4) is 0 Å². The van der Waals surface area contributed by atoms with Crippen molar-refractivity contribution >= 4 is 34.7 Å². The van der Waals surface area contributed by atoms with Gasteiger partial charge in [-0.25, -0.2) is 0 Å². The zero-order valence-corrected chi connectivity index (χ0v) is 12.4. The first-order valence-electron chi connectivity index (χ1n) is 5.97. The molecule has 0 saturated heterocycles. The predicted octanol–water partition coefficient (Wildman–Crippen LogP) is 3.67. The summed E-state index contributed by atoms with van der Waals surface area (Å²) < 4.78 is 0.914. The molecule has 0 radical (unpaired) electrons. The Hall–Kier alpha value is -1.40. The molecule has 0 aliphatic rings. The molecular weight excluding hydrogens is 278 g/mol. The van der Waals surface area contributed by atoms with Gasteiger partial charge in [0, 0.05) is 17.0 Å². The Bertz CT molecular complexity index is 523. The van der Waals surface area contributed by atoms with E-state index in [2.05, 4.69) is 15.5 Å². The van der Waals surface area contributed by atoms with Gasteiger partial charge in [-0.05, 0) is 30.2 Å². The van der Waals surface area contributed by atoms with Crippen LogP contribution in [0.4, 0.5) is 5.69 Å². The van der Waals surface area contributed by atoms with Crippen molar-refractivity contribution in [3.05, 3.63) is 29.8 Å². The number of rotatable bonds is 5. The zero-order valence-electron chi connectivity index (χ0n) is 10.8. The Morgan fingerprint density at radius 1 is 1.37 bits per heavy atom. The van der Waals surface area contributed by atoms with E-state index in [1.165, 1.54) is 11.3 Å². The minimum absolute atomic E-state index is 0.0551. The van der Waals surface area contributed by atoms with Crippen LogP contribution in [-0.2, 0) is 4.79 Å². The molecule has 0 unspecified atom stereocenters. The lowest BCUT2D eigenvalue weighted by Crippen LogP contribution is -2.13. The van der Waals surface area contributed by atoms with Gasteiger partial charge in [-0.3, -0.25) is 4.79 Å². The van der Waals surface area contributed by atoms with Gasteiger partial charge >= 0.3 is 0 Å². The number of hydrogen-bond donors (Lipinski definition) is 1. The zero-order chi connectivity index (χ0) is 13.7. The van der Waals surface area contributed by atoms with Gasteiger partial charge in [0.05, 0.1) is 0 Å². The van der Waals surface area contributed by atoms with Gasteiger partial charge < -0.3 is 5.32 Å². The lowest BCUT2D eigenvalue weighted by molar-refractivity contribution is -0.116. The third-order valence-electron chi connectivity index (χ3n) is 2.28. The van der Waals surface area contributed by atoms with Crippen LogP contribution in [0.3, 0.4) is 0 Å². The third-order valence-corrected chi connectivity index (χ3v) is 4.06. The van der Waals surface area contributed by atoms with Gasteiger partial charge in [0.1, 0.15) is 5.51 Å². The number of hydrogen-bond acceptors (Lipinski definition) is 5. The van der Waals surface area contributed by atoms with E-state index in [1.54, 1.807) is 17.3 Å². The number of anilines is 1. The number of aromatic nitrogens is 2. The van der Waals surface area contributed by atoms with Crippen molar-refractivity contribution in [1.29, 1.82) is 0 Å². The first-order chi connectivity index (χ1) is 9.13. The molecule has 1 aromatic heterocycles. The van der Waals surface area contributed by atoms with Gasteiger partial charge in [0.25, 0.3) is 0 Å². The van der Waals surface area contributed by atoms with E-state index in [9.17, 15) is 4.79 Å². The summed E-state index contributed by atoms with van der Waals surface area (Å²) in [5.41, 5.74) is 2.54. The summed E-state index contributed by atoms with van der Waals surface area (Å²) in [5, 5.41) is 10.7. The maximum atomic E-state index is 11.6. The van der Waals surface area contributed by atoms with E-state index in [0.29, 0.717) is 12.3 Å². The Balaban J connectivity index is 1.93. The lowest BCUT2D eigenvalue weighted by atomic mass is 10.1. The molecule has 0 fully saturated rings. The molecule has 1 heterocycles. The molecule has 1 amide bonds. The van der Waals surface area contributed by atoms with Crippen LogP contribution in [0.25, 0.3) is 0 Å². The van der Waals surface area contributed by atoms with Crippen LogP contribution in [0.15, 0.2) is 39.0 Å². The molecule has 0 aliphatic heterocycles. The molecule has 0 spiro atoms. The Kier molecular flexibility index (Phi) is 4.93. The van der Waals surface area contributed by atoms with Crippen molar-refractivity contribution in [2.45, 2.75) is 29.5 Å². The van der Waals surface area contributed by atoms with Gasteiger partial charge in [-0.1, -0.05) is 36.9 Å².